The van der Waals surface area contributed by atoms with Crippen LogP contribution < -0.4 is 5.73 Å². The van der Waals surface area contributed by atoms with Crippen LogP contribution in [-0.4, -0.2) is 57.9 Å². The lowest BCUT2D eigenvalue weighted by Gasteiger charge is -2.46. The number of aliphatic hydroxyl groups is 3. The fourth-order valence-corrected chi connectivity index (χ4v) is 2.87. The number of ketones is 1. The molecule has 5 N–H and O–H groups in total. The number of benzene rings is 1. The standard InChI is InChI=1S/C13H16INO6/c14-21-13(12(19)7-4-2-1-3-5-7)11(15)10(18)9(17)8(6-16)20-13/h1-5,8-11,16-18H,6,15H2/t8-,9-,10+,11-,13?/m1/s1. The molecule has 2 rings (SSSR count). The smallest absolute Gasteiger partial charge is 0.262 e. The summed E-state index contributed by atoms with van der Waals surface area (Å²) in [5.41, 5.74) is 6.13. The van der Waals surface area contributed by atoms with Gasteiger partial charge < -0.3 is 25.8 Å². The fraction of sp³-hybridized carbons (Fsp3) is 0.462. The molecule has 7 nitrogen and oxygen atoms in total. The third-order valence-electron chi connectivity index (χ3n) is 3.51. The molecule has 0 aliphatic carbocycles. The molecule has 1 aromatic carbocycles. The molecular formula is C13H16INO6. The molecule has 1 aliphatic heterocycles. The highest BCUT2D eigenvalue weighted by atomic mass is 127. The van der Waals surface area contributed by atoms with Crippen LogP contribution in [0.1, 0.15) is 10.4 Å². The zero-order valence-electron chi connectivity index (χ0n) is 10.9. The molecule has 0 bridgehead atoms. The van der Waals surface area contributed by atoms with E-state index in [0.29, 0.717) is 0 Å². The minimum atomic E-state index is -1.98. The Balaban J connectivity index is 2.41. The second-order valence-electron chi connectivity index (χ2n) is 4.79. The van der Waals surface area contributed by atoms with Crippen LogP contribution in [0.3, 0.4) is 0 Å². The number of rotatable bonds is 4. The van der Waals surface area contributed by atoms with Crippen molar-refractivity contribution in [1.82, 2.24) is 0 Å². The van der Waals surface area contributed by atoms with Gasteiger partial charge in [0.25, 0.3) is 5.79 Å². The number of carbonyl (C=O) groups is 1. The van der Waals surface area contributed by atoms with E-state index in [1.165, 1.54) is 23.0 Å². The second-order valence-corrected chi connectivity index (χ2v) is 5.23. The highest BCUT2D eigenvalue weighted by Gasteiger charge is 2.58. The lowest BCUT2D eigenvalue weighted by molar-refractivity contribution is -0.265. The van der Waals surface area contributed by atoms with Crippen LogP contribution in [0.4, 0.5) is 0 Å². The molecule has 1 saturated heterocycles. The van der Waals surface area contributed by atoms with Crippen molar-refractivity contribution in [3.63, 3.8) is 0 Å². The molecule has 1 fully saturated rings. The summed E-state index contributed by atoms with van der Waals surface area (Å²) in [4.78, 5) is 12.7. The van der Waals surface area contributed by atoms with Gasteiger partial charge in [-0.25, -0.2) is 0 Å². The molecule has 1 aliphatic rings. The number of nitrogens with two attached hydrogens (primary N) is 1. The number of carbonyl (C=O) groups excluding carboxylic acids is 1. The summed E-state index contributed by atoms with van der Waals surface area (Å²) in [6, 6.07) is 6.88. The predicted molar refractivity (Wildman–Crippen MR) is 80.6 cm³/mol. The Morgan fingerprint density at radius 2 is 1.95 bits per heavy atom. The monoisotopic (exact) mass is 409 g/mol. The summed E-state index contributed by atoms with van der Waals surface area (Å²) in [5, 5.41) is 29.1. The Hall–Kier alpha value is -0.620. The zero-order chi connectivity index (χ0) is 15.6. The van der Waals surface area contributed by atoms with E-state index in [1.807, 2.05) is 0 Å². The maximum atomic E-state index is 12.7. The lowest BCUT2D eigenvalue weighted by Crippen LogP contribution is -2.71. The summed E-state index contributed by atoms with van der Waals surface area (Å²) < 4.78 is 10.6. The minimum absolute atomic E-state index is 0.282. The summed E-state index contributed by atoms with van der Waals surface area (Å²) in [7, 11) is 0. The van der Waals surface area contributed by atoms with Gasteiger partial charge in [-0.15, -0.1) is 0 Å². The first kappa shape index (κ1) is 16.7. The topological polar surface area (TPSA) is 122 Å². The van der Waals surface area contributed by atoms with E-state index in [4.69, 9.17) is 13.5 Å². The normalized spacial score (nSPS) is 36.4. The van der Waals surface area contributed by atoms with Crippen LogP contribution in [-0.2, 0) is 7.80 Å². The Morgan fingerprint density at radius 1 is 1.33 bits per heavy atom. The van der Waals surface area contributed by atoms with Gasteiger partial charge in [-0.2, -0.15) is 0 Å². The average Bonchev–Trinajstić information content (AvgIpc) is 2.54. The van der Waals surface area contributed by atoms with Gasteiger partial charge in [-0.05, 0) is 0 Å². The van der Waals surface area contributed by atoms with Crippen LogP contribution in [0.15, 0.2) is 30.3 Å². The van der Waals surface area contributed by atoms with Gasteiger partial charge in [-0.1, -0.05) is 30.3 Å². The first-order valence-corrected chi connectivity index (χ1v) is 7.16. The van der Waals surface area contributed by atoms with E-state index in [2.05, 4.69) is 0 Å². The highest BCUT2D eigenvalue weighted by molar-refractivity contribution is 14.1. The first-order chi connectivity index (χ1) is 9.97. The quantitative estimate of drug-likeness (QED) is 0.386. The van der Waals surface area contributed by atoms with Crippen LogP contribution in [0, 0.1) is 0 Å². The number of ether oxygens (including phenoxy) is 1. The summed E-state index contributed by atoms with van der Waals surface area (Å²) in [5.74, 6) is -2.57. The van der Waals surface area contributed by atoms with Crippen molar-refractivity contribution in [2.75, 3.05) is 6.61 Å². The molecule has 0 aromatic heterocycles. The van der Waals surface area contributed by atoms with Crippen molar-refractivity contribution < 1.29 is 27.9 Å². The maximum Gasteiger partial charge on any atom is 0.262 e. The number of hydrogen-bond acceptors (Lipinski definition) is 7. The van der Waals surface area contributed by atoms with Crippen molar-refractivity contribution in [3.8, 4) is 0 Å². The van der Waals surface area contributed by atoms with E-state index >= 15 is 0 Å². The van der Waals surface area contributed by atoms with Crippen LogP contribution >= 0.6 is 23.0 Å². The van der Waals surface area contributed by atoms with Crippen molar-refractivity contribution in [3.05, 3.63) is 35.9 Å². The second kappa shape index (κ2) is 6.65. The Morgan fingerprint density at radius 3 is 2.48 bits per heavy atom. The number of hydrogen-bond donors (Lipinski definition) is 4. The molecule has 8 heteroatoms. The third kappa shape index (κ3) is 2.84. The van der Waals surface area contributed by atoms with Gasteiger partial charge in [0.05, 0.1) is 12.6 Å². The SMILES string of the molecule is N[C@@H]1[C@@H](O)[C@H](O)[C@@H](CO)OC1(OI)C(=O)c1ccccc1. The molecule has 0 radical (unpaired) electrons. The molecule has 1 heterocycles. The van der Waals surface area contributed by atoms with Crippen LogP contribution in [0.25, 0.3) is 0 Å². The summed E-state index contributed by atoms with van der Waals surface area (Å²) in [6.45, 7) is -0.589. The first-order valence-electron chi connectivity index (χ1n) is 6.28. The van der Waals surface area contributed by atoms with Crippen LogP contribution in [0.5, 0.6) is 0 Å². The number of aliphatic hydroxyl groups excluding tert-OH is 3. The van der Waals surface area contributed by atoms with Gasteiger partial charge in [0, 0.05) is 5.56 Å². The van der Waals surface area contributed by atoms with Gasteiger partial charge in [-0.3, -0.25) is 7.86 Å². The summed E-state index contributed by atoms with van der Waals surface area (Å²) >= 11 is 1.46. The molecule has 0 spiro atoms. The van der Waals surface area contributed by atoms with Gasteiger partial charge in [0.1, 0.15) is 41.3 Å². The van der Waals surface area contributed by atoms with E-state index in [0.717, 1.165) is 0 Å². The van der Waals surface area contributed by atoms with Crippen molar-refractivity contribution in [1.29, 1.82) is 0 Å². The molecule has 1 aromatic rings. The lowest BCUT2D eigenvalue weighted by atomic mass is 9.86. The van der Waals surface area contributed by atoms with Crippen LogP contribution in [0.2, 0.25) is 0 Å². The maximum absolute atomic E-state index is 12.7. The number of Topliss-reactive ketones (excluding diaryl/α,β-unsaturated/α-hetero) is 1. The molecule has 116 valence electrons. The van der Waals surface area contributed by atoms with Gasteiger partial charge in [0.15, 0.2) is 0 Å². The molecule has 0 amide bonds. The van der Waals surface area contributed by atoms with E-state index in [9.17, 15) is 20.1 Å². The number of halogens is 1. The Bertz CT molecular complexity index is 499. The largest absolute Gasteiger partial charge is 0.394 e. The Labute approximate surface area is 135 Å². The third-order valence-corrected chi connectivity index (χ3v) is 4.17. The van der Waals surface area contributed by atoms with Crippen molar-refractivity contribution >= 4 is 28.8 Å². The van der Waals surface area contributed by atoms with E-state index < -0.39 is 42.5 Å². The van der Waals surface area contributed by atoms with Crippen molar-refractivity contribution in [2.24, 2.45) is 5.73 Å². The minimum Gasteiger partial charge on any atom is -0.394 e. The van der Waals surface area contributed by atoms with E-state index in [-0.39, 0.29) is 5.56 Å². The molecule has 0 saturated carbocycles. The zero-order valence-corrected chi connectivity index (χ0v) is 13.1. The Kier molecular flexibility index (Phi) is 5.30. The fourth-order valence-electron chi connectivity index (χ4n) is 2.28. The summed E-state index contributed by atoms with van der Waals surface area (Å²) in [6.07, 6.45) is -4.06. The molecular weight excluding hydrogens is 393 g/mol. The van der Waals surface area contributed by atoms with E-state index in [1.54, 1.807) is 30.3 Å². The molecule has 21 heavy (non-hydrogen) atoms. The molecule has 5 atom stereocenters. The highest BCUT2D eigenvalue weighted by Crippen LogP contribution is 2.34. The predicted octanol–water partition coefficient (Wildman–Crippen LogP) is -0.628. The average molecular weight is 409 g/mol. The van der Waals surface area contributed by atoms with Gasteiger partial charge in [0.2, 0.25) is 5.78 Å². The molecule has 1 unspecified atom stereocenters. The van der Waals surface area contributed by atoms with Crippen molar-refractivity contribution in [2.45, 2.75) is 30.1 Å². The van der Waals surface area contributed by atoms with Gasteiger partial charge >= 0.3 is 0 Å².